The van der Waals surface area contributed by atoms with Crippen LogP contribution in [-0.4, -0.2) is 41.9 Å². The molecule has 5 unspecified atom stereocenters. The number of carbonyl (C=O) groups is 2. The number of hydrogen-bond acceptors (Lipinski definition) is 6. The predicted molar refractivity (Wildman–Crippen MR) is 80.5 cm³/mol. The summed E-state index contributed by atoms with van der Waals surface area (Å²) >= 11 is 1.42. The summed E-state index contributed by atoms with van der Waals surface area (Å²) in [6.45, 7) is 6.94. The molecule has 1 aliphatic heterocycles. The van der Waals surface area contributed by atoms with Gasteiger partial charge in [0.15, 0.2) is 0 Å². The largest absolute Gasteiger partial charge is 0.463 e. The number of rotatable bonds is 5. The fourth-order valence-corrected chi connectivity index (χ4v) is 3.24. The van der Waals surface area contributed by atoms with E-state index in [1.807, 2.05) is 13.8 Å². The van der Waals surface area contributed by atoms with Crippen molar-refractivity contribution in [2.45, 2.75) is 45.3 Å². The van der Waals surface area contributed by atoms with Crippen LogP contribution in [0.15, 0.2) is 0 Å². The Kier molecular flexibility index (Phi) is 7.06. The first-order valence-electron chi connectivity index (χ1n) is 6.88. The molecule has 0 radical (unpaired) electrons. The van der Waals surface area contributed by atoms with E-state index >= 15 is 0 Å². The normalized spacial score (nSPS) is 32.0. The Labute approximate surface area is 130 Å². The lowest BCUT2D eigenvalue weighted by Gasteiger charge is -2.43. The van der Waals surface area contributed by atoms with Gasteiger partial charge in [0, 0.05) is 19.8 Å². The van der Waals surface area contributed by atoms with Crippen LogP contribution in [0.5, 0.6) is 0 Å². The van der Waals surface area contributed by atoms with Gasteiger partial charge in [-0.05, 0) is 5.92 Å². The second-order valence-corrected chi connectivity index (χ2v) is 6.24. The molecule has 0 amide bonds. The van der Waals surface area contributed by atoms with E-state index in [9.17, 15) is 9.59 Å². The van der Waals surface area contributed by atoms with Crippen molar-refractivity contribution in [2.24, 2.45) is 11.8 Å². The van der Waals surface area contributed by atoms with Gasteiger partial charge in [0.05, 0.1) is 11.9 Å². The van der Waals surface area contributed by atoms with Crippen molar-refractivity contribution in [3.63, 3.8) is 0 Å². The molecule has 5 nitrogen and oxygen atoms in total. The molecule has 1 heterocycles. The summed E-state index contributed by atoms with van der Waals surface area (Å²) in [4.78, 5) is 22.2. The molecule has 0 spiro atoms. The van der Waals surface area contributed by atoms with Crippen LogP contribution >= 0.6 is 11.8 Å². The standard InChI is InChI=1S/C15H22O5S/c1-6-7-21-15-14(19-12(5)17)10(3)9(2)13(20-15)8-18-11(4)16/h1,9-10,13-15H,7-8H2,2-5H3. The van der Waals surface area contributed by atoms with Gasteiger partial charge in [-0.15, -0.1) is 18.2 Å². The van der Waals surface area contributed by atoms with Gasteiger partial charge >= 0.3 is 11.9 Å². The molecule has 1 aliphatic rings. The minimum absolute atomic E-state index is 0.0819. The summed E-state index contributed by atoms with van der Waals surface area (Å²) in [6.07, 6.45) is 4.70. The highest BCUT2D eigenvalue weighted by atomic mass is 32.2. The van der Waals surface area contributed by atoms with Crippen molar-refractivity contribution in [3.05, 3.63) is 0 Å². The van der Waals surface area contributed by atoms with Crippen LogP contribution in [0, 0.1) is 24.2 Å². The first kappa shape index (κ1) is 17.9. The summed E-state index contributed by atoms with van der Waals surface area (Å²) in [5.41, 5.74) is -0.350. The van der Waals surface area contributed by atoms with Gasteiger partial charge in [-0.2, -0.15) is 0 Å². The maximum atomic E-state index is 11.3. The molecule has 1 fully saturated rings. The molecule has 1 saturated heterocycles. The van der Waals surface area contributed by atoms with Gasteiger partial charge in [0.1, 0.15) is 18.1 Å². The quantitative estimate of drug-likeness (QED) is 0.570. The third-order valence-corrected chi connectivity index (χ3v) is 4.64. The lowest BCUT2D eigenvalue weighted by molar-refractivity contribution is -0.184. The van der Waals surface area contributed by atoms with Crippen LogP contribution in [-0.2, 0) is 23.8 Å². The number of carbonyl (C=O) groups excluding carboxylic acids is 2. The fourth-order valence-electron chi connectivity index (χ4n) is 2.27. The maximum absolute atomic E-state index is 11.3. The van der Waals surface area contributed by atoms with Crippen molar-refractivity contribution in [2.75, 3.05) is 12.4 Å². The molecule has 0 aromatic heterocycles. The topological polar surface area (TPSA) is 61.8 Å². The van der Waals surface area contributed by atoms with Crippen molar-refractivity contribution in [3.8, 4) is 12.3 Å². The number of ether oxygens (including phenoxy) is 3. The van der Waals surface area contributed by atoms with Crippen LogP contribution in [0.2, 0.25) is 0 Å². The van der Waals surface area contributed by atoms with E-state index < -0.39 is 0 Å². The zero-order valence-corrected chi connectivity index (χ0v) is 13.6. The molecule has 1 rings (SSSR count). The van der Waals surface area contributed by atoms with E-state index in [1.165, 1.54) is 25.6 Å². The van der Waals surface area contributed by atoms with Crippen LogP contribution in [0.3, 0.4) is 0 Å². The minimum Gasteiger partial charge on any atom is -0.463 e. The first-order chi connectivity index (χ1) is 9.86. The molecule has 0 N–H and O–H groups in total. The molecular formula is C15H22O5S. The highest BCUT2D eigenvalue weighted by Gasteiger charge is 2.43. The maximum Gasteiger partial charge on any atom is 0.303 e. The van der Waals surface area contributed by atoms with Gasteiger partial charge in [-0.25, -0.2) is 0 Å². The Morgan fingerprint density at radius 1 is 1.24 bits per heavy atom. The molecule has 5 atom stereocenters. The molecule has 21 heavy (non-hydrogen) atoms. The monoisotopic (exact) mass is 314 g/mol. The van der Waals surface area contributed by atoms with E-state index in [4.69, 9.17) is 20.6 Å². The number of hydrogen-bond donors (Lipinski definition) is 0. The van der Waals surface area contributed by atoms with E-state index in [0.29, 0.717) is 5.75 Å². The van der Waals surface area contributed by atoms with Crippen LogP contribution in [0.4, 0.5) is 0 Å². The van der Waals surface area contributed by atoms with Crippen molar-refractivity contribution < 1.29 is 23.8 Å². The lowest BCUT2D eigenvalue weighted by Crippen LogP contribution is -2.51. The molecule has 6 heteroatoms. The number of thioether (sulfide) groups is 1. The van der Waals surface area contributed by atoms with Gasteiger partial charge in [0.2, 0.25) is 0 Å². The molecule has 0 saturated carbocycles. The SMILES string of the molecule is C#CCSC1OC(COC(C)=O)C(C)C(C)C1OC(C)=O. The summed E-state index contributed by atoms with van der Waals surface area (Å²) in [5.74, 6) is 2.50. The Morgan fingerprint density at radius 2 is 1.90 bits per heavy atom. The van der Waals surface area contributed by atoms with Crippen LogP contribution in [0.25, 0.3) is 0 Å². The highest BCUT2D eigenvalue weighted by Crippen LogP contribution is 2.37. The summed E-state index contributed by atoms with van der Waals surface area (Å²) in [5, 5.41) is 0. The summed E-state index contributed by atoms with van der Waals surface area (Å²) < 4.78 is 16.4. The van der Waals surface area contributed by atoms with E-state index in [2.05, 4.69) is 5.92 Å². The Morgan fingerprint density at radius 3 is 2.43 bits per heavy atom. The first-order valence-corrected chi connectivity index (χ1v) is 7.92. The summed E-state index contributed by atoms with van der Waals surface area (Å²) in [6, 6.07) is 0. The Balaban J connectivity index is 2.80. The minimum atomic E-state index is -0.357. The van der Waals surface area contributed by atoms with E-state index in [-0.39, 0.29) is 48.0 Å². The summed E-state index contributed by atoms with van der Waals surface area (Å²) in [7, 11) is 0. The molecule has 0 aliphatic carbocycles. The van der Waals surface area contributed by atoms with Gasteiger partial charge in [-0.3, -0.25) is 9.59 Å². The third kappa shape index (κ3) is 5.25. The molecule has 0 aromatic rings. The fraction of sp³-hybridized carbons (Fsp3) is 0.733. The third-order valence-electron chi connectivity index (χ3n) is 3.59. The molecule has 0 bridgehead atoms. The lowest BCUT2D eigenvalue weighted by atomic mass is 9.84. The van der Waals surface area contributed by atoms with Crippen LogP contribution in [0.1, 0.15) is 27.7 Å². The zero-order valence-electron chi connectivity index (χ0n) is 12.8. The zero-order chi connectivity index (χ0) is 16.0. The average molecular weight is 314 g/mol. The van der Waals surface area contributed by atoms with Crippen molar-refractivity contribution in [1.29, 1.82) is 0 Å². The Hall–Kier alpha value is -1.19. The molecule has 118 valence electrons. The smallest absolute Gasteiger partial charge is 0.303 e. The van der Waals surface area contributed by atoms with Gasteiger partial charge in [0.25, 0.3) is 0 Å². The second-order valence-electron chi connectivity index (χ2n) is 5.15. The van der Waals surface area contributed by atoms with Gasteiger partial charge < -0.3 is 14.2 Å². The predicted octanol–water partition coefficient (Wildman–Crippen LogP) is 1.84. The van der Waals surface area contributed by atoms with E-state index in [0.717, 1.165) is 0 Å². The van der Waals surface area contributed by atoms with Crippen LogP contribution < -0.4 is 0 Å². The highest BCUT2D eigenvalue weighted by molar-refractivity contribution is 8.00. The van der Waals surface area contributed by atoms with E-state index in [1.54, 1.807) is 0 Å². The average Bonchev–Trinajstić information content (AvgIpc) is 2.41. The number of terminal acetylenes is 1. The molecular weight excluding hydrogens is 292 g/mol. The second kappa shape index (κ2) is 8.30. The molecule has 0 aromatic carbocycles. The van der Waals surface area contributed by atoms with Crippen molar-refractivity contribution >= 4 is 23.7 Å². The Bertz CT molecular complexity index is 415. The van der Waals surface area contributed by atoms with Crippen molar-refractivity contribution in [1.82, 2.24) is 0 Å². The van der Waals surface area contributed by atoms with Gasteiger partial charge in [-0.1, -0.05) is 19.8 Å². The number of esters is 2.